The molecule has 1 rings (SSSR count). The van der Waals surface area contributed by atoms with Crippen molar-refractivity contribution in [2.75, 3.05) is 14.2 Å². The summed E-state index contributed by atoms with van der Waals surface area (Å²) in [5.74, 6) is 0. The van der Waals surface area contributed by atoms with Crippen LogP contribution in [0.15, 0.2) is 0 Å². The minimum atomic E-state index is -0.577. The van der Waals surface area contributed by atoms with Gasteiger partial charge in [-0.1, -0.05) is 6.42 Å². The smallest absolute Gasteiger partial charge is 0.438 e. The van der Waals surface area contributed by atoms with Crippen molar-refractivity contribution in [2.24, 2.45) is 0 Å². The molecule has 0 spiro atoms. The molecule has 0 saturated heterocycles. The second-order valence-corrected chi connectivity index (χ2v) is 3.29. The zero-order valence-corrected chi connectivity index (χ0v) is 8.21. The Balaban J connectivity index is 2.40. The average molecular weight is 187 g/mol. The fourth-order valence-corrected chi connectivity index (χ4v) is 1.74. The standard InChI is InChI=1S/C9H17NO3/c1-10-7-5-3-4-6-8(7)13-9(11)12-2/h7-8,10H,3-6H2,1-2H3. The molecule has 4 heteroatoms. The van der Waals surface area contributed by atoms with Crippen molar-refractivity contribution in [3.05, 3.63) is 0 Å². The monoisotopic (exact) mass is 187 g/mol. The second-order valence-electron chi connectivity index (χ2n) is 3.29. The number of hydrogen-bond donors (Lipinski definition) is 1. The summed E-state index contributed by atoms with van der Waals surface area (Å²) in [6, 6.07) is 0.285. The van der Waals surface area contributed by atoms with Gasteiger partial charge in [0.1, 0.15) is 6.10 Å². The summed E-state index contributed by atoms with van der Waals surface area (Å²) in [7, 11) is 3.23. The lowest BCUT2D eigenvalue weighted by Crippen LogP contribution is -2.42. The second kappa shape index (κ2) is 5.07. The van der Waals surface area contributed by atoms with E-state index in [0.717, 1.165) is 19.3 Å². The van der Waals surface area contributed by atoms with Gasteiger partial charge in [-0.15, -0.1) is 0 Å². The molecule has 1 saturated carbocycles. The summed E-state index contributed by atoms with van der Waals surface area (Å²) in [6.07, 6.45) is 3.73. The van der Waals surface area contributed by atoms with E-state index in [4.69, 9.17) is 4.74 Å². The number of carbonyl (C=O) groups excluding carboxylic acids is 1. The Kier molecular flexibility index (Phi) is 4.02. The van der Waals surface area contributed by atoms with Crippen molar-refractivity contribution in [1.82, 2.24) is 5.32 Å². The van der Waals surface area contributed by atoms with Crippen LogP contribution in [0, 0.1) is 0 Å². The largest absolute Gasteiger partial charge is 0.508 e. The number of ether oxygens (including phenoxy) is 2. The Morgan fingerprint density at radius 1 is 1.38 bits per heavy atom. The quantitative estimate of drug-likeness (QED) is 0.662. The molecule has 1 aliphatic carbocycles. The van der Waals surface area contributed by atoms with E-state index in [1.165, 1.54) is 13.5 Å². The number of hydrogen-bond acceptors (Lipinski definition) is 4. The zero-order chi connectivity index (χ0) is 9.68. The van der Waals surface area contributed by atoms with Crippen molar-refractivity contribution < 1.29 is 14.3 Å². The number of nitrogens with one attached hydrogen (secondary N) is 1. The average Bonchev–Trinajstić information content (AvgIpc) is 2.18. The summed E-state index contributed by atoms with van der Waals surface area (Å²) >= 11 is 0. The minimum absolute atomic E-state index is 0.0220. The predicted octanol–water partition coefficient (Wildman–Crippen LogP) is 1.30. The van der Waals surface area contributed by atoms with Gasteiger partial charge < -0.3 is 14.8 Å². The van der Waals surface area contributed by atoms with Crippen LogP contribution in [0.3, 0.4) is 0 Å². The molecular formula is C9H17NO3. The van der Waals surface area contributed by atoms with Crippen LogP contribution < -0.4 is 5.32 Å². The first-order valence-corrected chi connectivity index (χ1v) is 4.69. The van der Waals surface area contributed by atoms with Crippen molar-refractivity contribution in [1.29, 1.82) is 0 Å². The first-order chi connectivity index (χ1) is 6.27. The zero-order valence-electron chi connectivity index (χ0n) is 8.21. The molecule has 0 aromatic heterocycles. The molecule has 0 aliphatic heterocycles. The van der Waals surface area contributed by atoms with E-state index in [0.29, 0.717) is 0 Å². The van der Waals surface area contributed by atoms with Crippen LogP contribution in [0.5, 0.6) is 0 Å². The van der Waals surface area contributed by atoms with Crippen LogP contribution in [0.25, 0.3) is 0 Å². The fourth-order valence-electron chi connectivity index (χ4n) is 1.74. The van der Waals surface area contributed by atoms with Crippen molar-refractivity contribution in [3.8, 4) is 0 Å². The van der Waals surface area contributed by atoms with Crippen LogP contribution in [0.1, 0.15) is 25.7 Å². The summed E-state index contributed by atoms with van der Waals surface area (Å²) in [4.78, 5) is 10.9. The topological polar surface area (TPSA) is 47.6 Å². The highest BCUT2D eigenvalue weighted by Crippen LogP contribution is 2.21. The van der Waals surface area contributed by atoms with E-state index in [1.807, 2.05) is 7.05 Å². The van der Waals surface area contributed by atoms with Gasteiger partial charge in [0.05, 0.1) is 7.11 Å². The molecule has 76 valence electrons. The van der Waals surface area contributed by atoms with Crippen LogP contribution >= 0.6 is 0 Å². The van der Waals surface area contributed by atoms with E-state index in [2.05, 4.69) is 10.1 Å². The molecule has 0 aromatic carbocycles. The highest BCUT2D eigenvalue weighted by Gasteiger charge is 2.27. The molecule has 2 unspecified atom stereocenters. The maximum absolute atomic E-state index is 10.9. The molecule has 0 amide bonds. The molecule has 4 nitrogen and oxygen atoms in total. The Morgan fingerprint density at radius 3 is 2.69 bits per heavy atom. The first-order valence-electron chi connectivity index (χ1n) is 4.69. The molecule has 2 atom stereocenters. The van der Waals surface area contributed by atoms with Crippen LogP contribution in [0.2, 0.25) is 0 Å². The predicted molar refractivity (Wildman–Crippen MR) is 48.6 cm³/mol. The van der Waals surface area contributed by atoms with Gasteiger partial charge in [0.15, 0.2) is 0 Å². The van der Waals surface area contributed by atoms with Crippen molar-refractivity contribution in [3.63, 3.8) is 0 Å². The molecule has 13 heavy (non-hydrogen) atoms. The van der Waals surface area contributed by atoms with Crippen molar-refractivity contribution in [2.45, 2.75) is 37.8 Å². The van der Waals surface area contributed by atoms with Gasteiger partial charge in [0.2, 0.25) is 0 Å². The molecule has 1 fully saturated rings. The maximum Gasteiger partial charge on any atom is 0.508 e. The van der Waals surface area contributed by atoms with Gasteiger partial charge in [0.25, 0.3) is 0 Å². The normalized spacial score (nSPS) is 28.2. The Morgan fingerprint density at radius 2 is 2.08 bits per heavy atom. The Bertz CT molecular complexity index is 172. The molecule has 1 aliphatic rings. The highest BCUT2D eigenvalue weighted by atomic mass is 16.7. The highest BCUT2D eigenvalue weighted by molar-refractivity contribution is 5.59. The summed E-state index contributed by atoms with van der Waals surface area (Å²) < 4.78 is 9.58. The van der Waals surface area contributed by atoms with Gasteiger partial charge in [0, 0.05) is 6.04 Å². The molecule has 0 aromatic rings. The first kappa shape index (κ1) is 10.3. The van der Waals surface area contributed by atoms with Gasteiger partial charge >= 0.3 is 6.16 Å². The lowest BCUT2D eigenvalue weighted by atomic mass is 9.93. The fraction of sp³-hybridized carbons (Fsp3) is 0.889. The maximum atomic E-state index is 10.9. The van der Waals surface area contributed by atoms with E-state index in [9.17, 15) is 4.79 Å². The third-order valence-corrected chi connectivity index (χ3v) is 2.49. The van der Waals surface area contributed by atoms with Gasteiger partial charge in [-0.05, 0) is 26.3 Å². The van der Waals surface area contributed by atoms with Gasteiger partial charge in [-0.25, -0.2) is 4.79 Å². The van der Waals surface area contributed by atoms with E-state index >= 15 is 0 Å². The number of likely N-dealkylation sites (N-methyl/N-ethyl adjacent to an activating group) is 1. The molecule has 0 bridgehead atoms. The Labute approximate surface area is 78.6 Å². The van der Waals surface area contributed by atoms with E-state index in [1.54, 1.807) is 0 Å². The summed E-state index contributed by atoms with van der Waals surface area (Å²) in [5, 5.41) is 3.15. The summed E-state index contributed by atoms with van der Waals surface area (Å²) in [6.45, 7) is 0. The molecule has 0 heterocycles. The molecular weight excluding hydrogens is 170 g/mol. The molecule has 1 N–H and O–H groups in total. The van der Waals surface area contributed by atoms with Crippen molar-refractivity contribution >= 4 is 6.16 Å². The van der Waals surface area contributed by atoms with Gasteiger partial charge in [-0.3, -0.25) is 0 Å². The van der Waals surface area contributed by atoms with Crippen LogP contribution in [-0.2, 0) is 9.47 Å². The van der Waals surface area contributed by atoms with Crippen LogP contribution in [-0.4, -0.2) is 32.5 Å². The lowest BCUT2D eigenvalue weighted by Gasteiger charge is -2.30. The van der Waals surface area contributed by atoms with E-state index in [-0.39, 0.29) is 12.1 Å². The van der Waals surface area contributed by atoms with Gasteiger partial charge in [-0.2, -0.15) is 0 Å². The third kappa shape index (κ3) is 2.88. The SMILES string of the molecule is CNC1CCCCC1OC(=O)OC. The molecule has 0 radical (unpaired) electrons. The Hall–Kier alpha value is -0.770. The number of carbonyl (C=O) groups is 1. The number of rotatable bonds is 2. The lowest BCUT2D eigenvalue weighted by molar-refractivity contribution is 0.00939. The summed E-state index contributed by atoms with van der Waals surface area (Å²) in [5.41, 5.74) is 0. The van der Waals surface area contributed by atoms with E-state index < -0.39 is 6.16 Å². The third-order valence-electron chi connectivity index (χ3n) is 2.49. The minimum Gasteiger partial charge on any atom is -0.438 e. The van der Waals surface area contributed by atoms with Crippen LogP contribution in [0.4, 0.5) is 4.79 Å². The number of methoxy groups -OCH3 is 1.